The molecule has 3 rings (SSSR count). The number of hydrazine groups is 1. The van der Waals surface area contributed by atoms with Crippen LogP contribution in [0.3, 0.4) is 0 Å². The third-order valence-electron chi connectivity index (χ3n) is 3.58. The molecule has 8 nitrogen and oxygen atoms in total. The number of rotatable bonds is 5. The van der Waals surface area contributed by atoms with Crippen molar-refractivity contribution >= 4 is 23.4 Å². The average molecular weight is 329 g/mol. The van der Waals surface area contributed by atoms with Gasteiger partial charge in [-0.25, -0.2) is 10.3 Å². The van der Waals surface area contributed by atoms with Gasteiger partial charge in [0.1, 0.15) is 11.8 Å². The van der Waals surface area contributed by atoms with E-state index in [4.69, 9.17) is 9.15 Å². The van der Waals surface area contributed by atoms with Gasteiger partial charge in [0.2, 0.25) is 5.91 Å². The van der Waals surface area contributed by atoms with Crippen LogP contribution in [0, 0.1) is 0 Å². The predicted molar refractivity (Wildman–Crippen MR) is 83.2 cm³/mol. The first-order valence-electron chi connectivity index (χ1n) is 7.20. The summed E-state index contributed by atoms with van der Waals surface area (Å²) in [5.41, 5.74) is 5.39. The second-order valence-electron chi connectivity index (χ2n) is 5.10. The van der Waals surface area contributed by atoms with Crippen molar-refractivity contribution in [2.75, 3.05) is 12.0 Å². The minimum absolute atomic E-state index is 0.0523. The Hall–Kier alpha value is -3.13. The Labute approximate surface area is 137 Å². The summed E-state index contributed by atoms with van der Waals surface area (Å²) in [6.45, 7) is 0. The van der Waals surface area contributed by atoms with Crippen molar-refractivity contribution in [2.24, 2.45) is 0 Å². The number of carbonyl (C=O) groups is 3. The van der Waals surface area contributed by atoms with Crippen molar-refractivity contribution < 1.29 is 23.5 Å². The van der Waals surface area contributed by atoms with Crippen LogP contribution >= 0.6 is 0 Å². The van der Waals surface area contributed by atoms with Crippen LogP contribution in [0.25, 0.3) is 0 Å². The minimum Gasteiger partial charge on any atom is -0.497 e. The molecule has 1 aliphatic rings. The number of furan rings is 1. The molecule has 2 aromatic rings. The van der Waals surface area contributed by atoms with Gasteiger partial charge in [0.25, 0.3) is 5.91 Å². The molecule has 8 heteroatoms. The Morgan fingerprint density at radius 2 is 2.00 bits per heavy atom. The van der Waals surface area contributed by atoms with Gasteiger partial charge in [-0.1, -0.05) is 0 Å². The van der Waals surface area contributed by atoms with Gasteiger partial charge in [0.05, 0.1) is 25.5 Å². The van der Waals surface area contributed by atoms with Gasteiger partial charge in [-0.3, -0.25) is 19.8 Å². The molecule has 3 amide bonds. The lowest BCUT2D eigenvalue weighted by Crippen LogP contribution is -2.48. The first-order chi connectivity index (χ1) is 11.6. The molecule has 1 aliphatic heterocycles. The number of hydrogen-bond acceptors (Lipinski definition) is 6. The molecule has 0 aliphatic carbocycles. The highest BCUT2D eigenvalue weighted by atomic mass is 16.5. The van der Waals surface area contributed by atoms with Crippen molar-refractivity contribution in [2.45, 2.75) is 12.5 Å². The van der Waals surface area contributed by atoms with E-state index in [9.17, 15) is 14.4 Å². The molecule has 0 radical (unpaired) electrons. The Morgan fingerprint density at radius 1 is 1.25 bits per heavy atom. The van der Waals surface area contributed by atoms with E-state index in [-0.39, 0.29) is 18.1 Å². The lowest BCUT2D eigenvalue weighted by molar-refractivity contribution is -0.121. The zero-order valence-electron chi connectivity index (χ0n) is 12.8. The number of methoxy groups -OCH3 is 1. The van der Waals surface area contributed by atoms with Crippen LogP contribution in [0.4, 0.5) is 5.69 Å². The number of ether oxygens (including phenoxy) is 1. The first-order valence-corrected chi connectivity index (χ1v) is 7.20. The van der Waals surface area contributed by atoms with Gasteiger partial charge in [0, 0.05) is 0 Å². The molecule has 124 valence electrons. The van der Waals surface area contributed by atoms with E-state index >= 15 is 0 Å². The zero-order chi connectivity index (χ0) is 17.1. The fraction of sp³-hybridized carbons (Fsp3) is 0.188. The molecule has 1 saturated heterocycles. The Kier molecular flexibility index (Phi) is 4.30. The van der Waals surface area contributed by atoms with Gasteiger partial charge < -0.3 is 9.15 Å². The maximum atomic E-state index is 12.4. The highest BCUT2D eigenvalue weighted by molar-refractivity contribution is 6.22. The van der Waals surface area contributed by atoms with E-state index in [1.165, 1.54) is 19.4 Å². The number of anilines is 1. The highest BCUT2D eigenvalue weighted by Gasteiger charge is 2.39. The van der Waals surface area contributed by atoms with Crippen molar-refractivity contribution in [3.8, 4) is 5.75 Å². The number of nitrogens with one attached hydrogen (secondary N) is 2. The van der Waals surface area contributed by atoms with Crippen molar-refractivity contribution in [3.05, 3.63) is 48.4 Å². The standard InChI is InChI=1S/C16H15N3O5/c1-23-11-6-4-10(5-7-11)19-14(20)9-12(16(19)22)17-18-15(21)13-3-2-8-24-13/h2-8,12,17H,9H2,1H3,(H,18,21)/t12-/m1/s1. The topological polar surface area (TPSA) is 101 Å². The molecule has 0 bridgehead atoms. The third-order valence-corrected chi connectivity index (χ3v) is 3.58. The van der Waals surface area contributed by atoms with E-state index in [0.717, 1.165) is 4.90 Å². The van der Waals surface area contributed by atoms with Crippen molar-refractivity contribution in [1.29, 1.82) is 0 Å². The van der Waals surface area contributed by atoms with E-state index in [1.807, 2.05) is 0 Å². The van der Waals surface area contributed by atoms with Gasteiger partial charge in [0.15, 0.2) is 5.76 Å². The maximum Gasteiger partial charge on any atom is 0.301 e. The fourth-order valence-electron chi connectivity index (χ4n) is 2.37. The molecule has 2 heterocycles. The summed E-state index contributed by atoms with van der Waals surface area (Å²) in [6, 6.07) is 8.80. The van der Waals surface area contributed by atoms with Crippen LogP contribution in [-0.2, 0) is 9.59 Å². The van der Waals surface area contributed by atoms with Crippen LogP contribution in [0.15, 0.2) is 47.1 Å². The van der Waals surface area contributed by atoms with Crippen molar-refractivity contribution in [1.82, 2.24) is 10.9 Å². The quantitative estimate of drug-likeness (QED) is 0.623. The monoisotopic (exact) mass is 329 g/mol. The molecule has 0 unspecified atom stereocenters. The van der Waals surface area contributed by atoms with Crippen molar-refractivity contribution in [3.63, 3.8) is 0 Å². The summed E-state index contributed by atoms with van der Waals surface area (Å²) in [7, 11) is 1.53. The zero-order valence-corrected chi connectivity index (χ0v) is 12.8. The Balaban J connectivity index is 1.66. The van der Waals surface area contributed by atoms with Gasteiger partial charge in [-0.05, 0) is 36.4 Å². The second kappa shape index (κ2) is 6.55. The third kappa shape index (κ3) is 2.99. The minimum atomic E-state index is -0.835. The maximum absolute atomic E-state index is 12.4. The molecule has 0 saturated carbocycles. The summed E-state index contributed by atoms with van der Waals surface area (Å²) in [6.07, 6.45) is 1.31. The Bertz CT molecular complexity index is 755. The first kappa shape index (κ1) is 15.8. The number of imide groups is 1. The number of nitrogens with zero attached hydrogens (tertiary/aromatic N) is 1. The van der Waals surface area contributed by atoms with Gasteiger partial charge >= 0.3 is 5.91 Å². The van der Waals surface area contributed by atoms with Gasteiger partial charge in [-0.2, -0.15) is 0 Å². The normalized spacial score (nSPS) is 17.2. The molecule has 0 spiro atoms. The van der Waals surface area contributed by atoms with E-state index in [2.05, 4.69) is 10.9 Å². The molecule has 1 atom stereocenters. The molecular formula is C16H15N3O5. The number of hydrogen-bond donors (Lipinski definition) is 2. The summed E-state index contributed by atoms with van der Waals surface area (Å²) < 4.78 is 9.99. The van der Waals surface area contributed by atoms with E-state index in [1.54, 1.807) is 30.3 Å². The summed E-state index contributed by atoms with van der Waals surface area (Å²) in [5.74, 6) is -0.590. The SMILES string of the molecule is COc1ccc(N2C(=O)C[C@@H](NNC(=O)c3ccco3)C2=O)cc1. The Morgan fingerprint density at radius 3 is 2.62 bits per heavy atom. The van der Waals surface area contributed by atoms with Crippen LogP contribution in [0.2, 0.25) is 0 Å². The molecule has 1 aromatic carbocycles. The van der Waals surface area contributed by atoms with Crippen LogP contribution < -0.4 is 20.5 Å². The highest BCUT2D eigenvalue weighted by Crippen LogP contribution is 2.24. The second-order valence-corrected chi connectivity index (χ2v) is 5.10. The summed E-state index contributed by atoms with van der Waals surface area (Å²) in [4.78, 5) is 37.4. The van der Waals surface area contributed by atoms with Crippen LogP contribution in [-0.4, -0.2) is 30.9 Å². The predicted octanol–water partition coefficient (Wildman–Crippen LogP) is 0.855. The molecule has 1 aromatic heterocycles. The smallest absolute Gasteiger partial charge is 0.301 e. The van der Waals surface area contributed by atoms with Gasteiger partial charge in [-0.15, -0.1) is 0 Å². The molecule has 1 fully saturated rings. The lowest BCUT2D eigenvalue weighted by Gasteiger charge is -2.16. The van der Waals surface area contributed by atoms with Crippen LogP contribution in [0.5, 0.6) is 5.75 Å². The lowest BCUT2D eigenvalue weighted by atomic mass is 10.2. The molecule has 24 heavy (non-hydrogen) atoms. The summed E-state index contributed by atoms with van der Waals surface area (Å²) >= 11 is 0. The van der Waals surface area contributed by atoms with E-state index in [0.29, 0.717) is 11.4 Å². The molecular weight excluding hydrogens is 314 g/mol. The average Bonchev–Trinajstić information content (AvgIpc) is 3.22. The number of carbonyl (C=O) groups excluding carboxylic acids is 3. The van der Waals surface area contributed by atoms with Crippen LogP contribution in [0.1, 0.15) is 17.0 Å². The van der Waals surface area contributed by atoms with E-state index < -0.39 is 17.9 Å². The number of amides is 3. The largest absolute Gasteiger partial charge is 0.497 e. The summed E-state index contributed by atoms with van der Waals surface area (Å²) in [5, 5.41) is 0. The molecule has 2 N–H and O–H groups in total. The fourth-order valence-corrected chi connectivity index (χ4v) is 2.37. The number of benzene rings is 1.